The van der Waals surface area contributed by atoms with Crippen molar-refractivity contribution >= 4 is 0 Å². The molecule has 0 aliphatic carbocycles. The predicted octanol–water partition coefficient (Wildman–Crippen LogP) is 8.62. The molecule has 2 aromatic rings. The first-order valence-electron chi connectivity index (χ1n) is 12.4. The van der Waals surface area contributed by atoms with Crippen molar-refractivity contribution in [1.82, 2.24) is 0 Å². The van der Waals surface area contributed by atoms with Crippen molar-refractivity contribution in [2.75, 3.05) is 0 Å². The summed E-state index contributed by atoms with van der Waals surface area (Å²) in [6.45, 7) is 2.83. The first-order chi connectivity index (χ1) is 21.1. The summed E-state index contributed by atoms with van der Waals surface area (Å²) in [6.07, 6.45) is -8.02. The fraction of sp³-hybridized carbons (Fsp3) is 0.538. The molecule has 23 heteroatoms. The molecule has 0 aromatic heterocycles. The zero-order valence-electron chi connectivity index (χ0n) is 24.2. The molecule has 0 bridgehead atoms. The average Bonchev–Trinajstić information content (AvgIpc) is 2.96. The van der Waals surface area contributed by atoms with Crippen molar-refractivity contribution in [3.63, 3.8) is 0 Å². The van der Waals surface area contributed by atoms with E-state index in [0.717, 1.165) is 0 Å². The minimum absolute atomic E-state index is 0. The Morgan fingerprint density at radius 1 is 0.388 bits per heavy atom. The van der Waals surface area contributed by atoms with Gasteiger partial charge in [-0.3, -0.25) is 0 Å². The maximum absolute atomic E-state index is 14.6. The largest absolute Gasteiger partial charge is 1.00 e. The van der Waals surface area contributed by atoms with Crippen LogP contribution in [0.25, 0.3) is 5.32 Å². The van der Waals surface area contributed by atoms with Gasteiger partial charge in [-0.1, -0.05) is 79.6 Å². The Balaban J connectivity index is 0.0000120. The van der Waals surface area contributed by atoms with E-state index in [1.165, 1.54) is 13.8 Å². The van der Waals surface area contributed by atoms with E-state index in [9.17, 15) is 92.2 Å². The Bertz CT molecular complexity index is 1400. The Morgan fingerprint density at radius 2 is 0.673 bits per heavy atom. The first-order valence-corrected chi connectivity index (χ1v) is 12.4. The molecule has 49 heavy (non-hydrogen) atoms. The average molecular weight is 749 g/mol. The Labute approximate surface area is 273 Å². The van der Waals surface area contributed by atoms with E-state index in [1.807, 2.05) is 0 Å². The van der Waals surface area contributed by atoms with E-state index in [1.54, 1.807) is 30.3 Å². The van der Waals surface area contributed by atoms with Crippen LogP contribution in [0, 0.1) is 0 Å². The van der Waals surface area contributed by atoms with Crippen molar-refractivity contribution in [2.45, 2.75) is 85.4 Å². The van der Waals surface area contributed by atoms with Crippen LogP contribution in [0.1, 0.15) is 42.6 Å². The molecule has 1 nitrogen and oxygen atoms in total. The number of halogens is 21. The van der Waals surface area contributed by atoms with Crippen LogP contribution in [0.2, 0.25) is 0 Å². The minimum Gasteiger partial charge on any atom is -0.650 e. The first kappa shape index (κ1) is 44.5. The third-order valence-electron chi connectivity index (χ3n) is 7.00. The summed E-state index contributed by atoms with van der Waals surface area (Å²) in [5.41, 5.74) is -1.97. The molecule has 2 atom stereocenters. The quantitative estimate of drug-likeness (QED) is 0.144. The maximum Gasteiger partial charge on any atom is 1.00 e. The molecule has 2 rings (SSSR count). The molecule has 0 amide bonds. The fourth-order valence-corrected chi connectivity index (χ4v) is 3.95. The molecule has 0 spiro atoms. The molecule has 0 saturated heterocycles. The van der Waals surface area contributed by atoms with E-state index in [4.69, 9.17) is 0 Å². The molecule has 0 radical (unpaired) electrons. The van der Waals surface area contributed by atoms with Gasteiger partial charge in [-0.25, -0.2) is 0 Å². The molecule has 0 fully saturated rings. The molecule has 274 valence electrons. The van der Waals surface area contributed by atoms with Crippen LogP contribution in [-0.4, -0.2) is 53.6 Å². The second-order valence-corrected chi connectivity index (χ2v) is 10.2. The van der Waals surface area contributed by atoms with Gasteiger partial charge in [-0.15, -0.1) is 12.1 Å². The molecule has 0 heterocycles. The summed E-state index contributed by atoms with van der Waals surface area (Å²) in [7, 11) is 0. The van der Waals surface area contributed by atoms with Crippen LogP contribution in [0.5, 0.6) is 0 Å². The van der Waals surface area contributed by atoms with Crippen molar-refractivity contribution < 1.29 is 111 Å². The van der Waals surface area contributed by atoms with Crippen LogP contribution < -0.4 is 18.9 Å². The van der Waals surface area contributed by atoms with Gasteiger partial charge in [0.2, 0.25) is 0 Å². The fourth-order valence-electron chi connectivity index (χ4n) is 3.95. The van der Waals surface area contributed by atoms with Gasteiger partial charge in [0.25, 0.3) is 0 Å². The minimum atomic E-state index is -9.20. The molecule has 2 aromatic carbocycles. The van der Waals surface area contributed by atoms with Crippen LogP contribution in [0.3, 0.4) is 0 Å². The van der Waals surface area contributed by atoms with Gasteiger partial charge >= 0.3 is 78.3 Å². The summed E-state index contributed by atoms with van der Waals surface area (Å²) < 4.78 is 286. The summed E-state index contributed by atoms with van der Waals surface area (Å²) in [4.78, 5) is 0. The number of rotatable bonds is 13. The Hall–Kier alpha value is -2.47. The molecule has 0 saturated carbocycles. The zero-order chi connectivity index (χ0) is 38.0. The van der Waals surface area contributed by atoms with Crippen LogP contribution in [0.4, 0.5) is 92.2 Å². The number of hydrogen-bond donors (Lipinski definition) is 0. The number of hydrogen-bond acceptors (Lipinski definition) is 0. The van der Waals surface area contributed by atoms with E-state index >= 15 is 0 Å². The second-order valence-electron chi connectivity index (χ2n) is 10.2. The molecule has 0 aliphatic rings. The molecule has 0 aliphatic heterocycles. The van der Waals surface area contributed by atoms with Crippen molar-refractivity contribution in [2.24, 2.45) is 0 Å². The standard InChI is InChI=1S/C26H17F21N.Li/c1-12(14-6-4-3-5-7-14)48-13(2)15-8-10-16(11-9-15)17(27,28)18(29,30)19(31,32)20(33,34)21(35,36)22(37,38)23(39,40)24(41,42)25(43,44)26(45,46)47;/h3-13H,1-2H3;/q-1;+1/t12-,13-;/m0./s1. The van der Waals surface area contributed by atoms with Gasteiger partial charge in [-0.2, -0.15) is 92.2 Å². The maximum atomic E-state index is 14.6. The molecule has 0 unspecified atom stereocenters. The van der Waals surface area contributed by atoms with E-state index in [2.05, 4.69) is 5.32 Å². The number of nitrogens with zero attached hydrogens (tertiary/aromatic N) is 1. The van der Waals surface area contributed by atoms with E-state index < -0.39 is 77.1 Å². The van der Waals surface area contributed by atoms with Crippen molar-refractivity contribution in [1.29, 1.82) is 0 Å². The van der Waals surface area contributed by atoms with E-state index in [0.29, 0.717) is 17.7 Å². The van der Waals surface area contributed by atoms with Crippen LogP contribution in [0.15, 0.2) is 54.6 Å². The monoisotopic (exact) mass is 749 g/mol. The van der Waals surface area contributed by atoms with Gasteiger partial charge in [0.15, 0.2) is 0 Å². The number of alkyl halides is 21. The normalized spacial score (nSPS) is 16.2. The SMILES string of the molecule is C[C@H]([N-][C@@H](C)c1ccc(C(F)(F)C(F)(F)C(F)(F)C(F)(F)C(F)(F)C(F)(F)C(F)(F)C(F)(F)C(F)(F)C(F)(F)F)cc1)c1ccccc1.[Li+]. The summed E-state index contributed by atoms with van der Waals surface area (Å²) in [5.74, 6) is -77.3. The van der Waals surface area contributed by atoms with Gasteiger partial charge in [0, 0.05) is 5.56 Å². The third kappa shape index (κ3) is 6.58. The molecular formula is C26H17F21LiN. The second kappa shape index (κ2) is 13.3. The van der Waals surface area contributed by atoms with Gasteiger partial charge in [0.05, 0.1) is 0 Å². The van der Waals surface area contributed by atoms with Gasteiger partial charge < -0.3 is 5.32 Å². The van der Waals surface area contributed by atoms with Gasteiger partial charge in [-0.05, 0) is 0 Å². The summed E-state index contributed by atoms with van der Waals surface area (Å²) >= 11 is 0. The predicted molar refractivity (Wildman–Crippen MR) is 123 cm³/mol. The van der Waals surface area contributed by atoms with Gasteiger partial charge in [0.1, 0.15) is 0 Å². The Morgan fingerprint density at radius 3 is 1.00 bits per heavy atom. The molecular weight excluding hydrogens is 732 g/mol. The van der Waals surface area contributed by atoms with Crippen LogP contribution >= 0.6 is 0 Å². The van der Waals surface area contributed by atoms with Crippen LogP contribution in [-0.2, 0) is 5.92 Å². The van der Waals surface area contributed by atoms with Crippen molar-refractivity contribution in [3.05, 3.63) is 76.6 Å². The van der Waals surface area contributed by atoms with Crippen molar-refractivity contribution in [3.8, 4) is 0 Å². The number of benzene rings is 2. The Kier molecular flexibility index (Phi) is 12.0. The smallest absolute Gasteiger partial charge is 0.650 e. The summed E-state index contributed by atoms with van der Waals surface area (Å²) in [5, 5.41) is 4.21. The summed E-state index contributed by atoms with van der Waals surface area (Å²) in [6, 6.07) is 7.03. The third-order valence-corrected chi connectivity index (χ3v) is 7.00. The molecule has 0 N–H and O–H groups in total. The zero-order valence-corrected chi connectivity index (χ0v) is 24.2. The topological polar surface area (TPSA) is 14.1 Å². The van der Waals surface area contributed by atoms with E-state index in [-0.39, 0.29) is 36.6 Å².